The predicted molar refractivity (Wildman–Crippen MR) is 69.4 cm³/mol. The molecule has 0 spiro atoms. The number of benzene rings is 1. The second-order valence-electron chi connectivity index (χ2n) is 5.72. The van der Waals surface area contributed by atoms with Crippen LogP contribution in [0.2, 0.25) is 0 Å². The number of fused-ring (bicyclic) bond motifs is 1. The summed E-state index contributed by atoms with van der Waals surface area (Å²) in [5, 5.41) is 1.24. The van der Waals surface area contributed by atoms with Crippen LogP contribution in [0.5, 0.6) is 0 Å². The molecule has 0 bridgehead atoms. The molecule has 0 atom stereocenters. The quantitative estimate of drug-likeness (QED) is 0.881. The van der Waals surface area contributed by atoms with Gasteiger partial charge in [0.15, 0.2) is 0 Å². The Hall–Kier alpha value is -1.32. The van der Waals surface area contributed by atoms with Gasteiger partial charge in [0.05, 0.1) is 19.5 Å². The van der Waals surface area contributed by atoms with E-state index in [4.69, 9.17) is 14.9 Å². The maximum atomic E-state index is 5.95. The number of ether oxygens (including phenoxy) is 1. The molecule has 1 saturated heterocycles. The van der Waals surface area contributed by atoms with Crippen LogP contribution in [0, 0.1) is 5.92 Å². The molecule has 2 heterocycles. The molecule has 2 N–H and O–H groups in total. The largest absolute Gasteiger partial charge is 0.464 e. The molecule has 2 fully saturated rings. The second-order valence-corrected chi connectivity index (χ2v) is 5.72. The van der Waals surface area contributed by atoms with Crippen LogP contribution in [-0.2, 0) is 10.2 Å². The average molecular weight is 243 g/mol. The van der Waals surface area contributed by atoms with Gasteiger partial charge in [0.25, 0.3) is 0 Å². The van der Waals surface area contributed by atoms with Crippen molar-refractivity contribution in [3.8, 4) is 0 Å². The van der Waals surface area contributed by atoms with Crippen molar-refractivity contribution in [2.24, 2.45) is 11.7 Å². The summed E-state index contributed by atoms with van der Waals surface area (Å²) in [7, 11) is 0. The van der Waals surface area contributed by atoms with Crippen molar-refractivity contribution < 1.29 is 9.15 Å². The van der Waals surface area contributed by atoms with Crippen LogP contribution in [0.3, 0.4) is 0 Å². The van der Waals surface area contributed by atoms with E-state index in [-0.39, 0.29) is 5.41 Å². The maximum absolute atomic E-state index is 5.95. The predicted octanol–water partition coefficient (Wildman–Crippen LogP) is 2.44. The zero-order chi connectivity index (χ0) is 12.2. The number of furan rings is 1. The molecule has 1 aromatic heterocycles. The summed E-state index contributed by atoms with van der Waals surface area (Å²) in [6, 6.07) is 8.64. The van der Waals surface area contributed by atoms with E-state index < -0.39 is 0 Å². The lowest BCUT2D eigenvalue weighted by molar-refractivity contribution is -0.110. The fraction of sp³-hybridized carbons (Fsp3) is 0.467. The number of hydrogen-bond donors (Lipinski definition) is 1. The summed E-state index contributed by atoms with van der Waals surface area (Å²) in [5.74, 6) is 0.655. The first-order valence-corrected chi connectivity index (χ1v) is 6.60. The Bertz CT molecular complexity index is 579. The van der Waals surface area contributed by atoms with Crippen molar-refractivity contribution in [2.75, 3.05) is 13.2 Å². The van der Waals surface area contributed by atoms with Gasteiger partial charge in [-0.25, -0.2) is 0 Å². The summed E-state index contributed by atoms with van der Waals surface area (Å²) < 4.78 is 11.2. The number of para-hydroxylation sites is 1. The molecule has 1 saturated carbocycles. The van der Waals surface area contributed by atoms with Crippen LogP contribution in [0.25, 0.3) is 11.0 Å². The van der Waals surface area contributed by atoms with Crippen LogP contribution in [0.15, 0.2) is 34.9 Å². The second kappa shape index (κ2) is 3.59. The molecule has 1 aliphatic carbocycles. The topological polar surface area (TPSA) is 48.4 Å². The first-order valence-electron chi connectivity index (χ1n) is 6.60. The highest BCUT2D eigenvalue weighted by Crippen LogP contribution is 2.50. The van der Waals surface area contributed by atoms with Gasteiger partial charge < -0.3 is 14.9 Å². The van der Waals surface area contributed by atoms with Crippen molar-refractivity contribution >= 4 is 11.0 Å². The number of rotatable bonds is 2. The summed E-state index contributed by atoms with van der Waals surface area (Å²) in [6.07, 6.45) is 4.16. The molecular weight excluding hydrogens is 226 g/mol. The molecule has 0 amide bonds. The van der Waals surface area contributed by atoms with Crippen LogP contribution in [0.1, 0.15) is 18.4 Å². The lowest BCUT2D eigenvalue weighted by Crippen LogP contribution is -2.58. The maximum Gasteiger partial charge on any atom is 0.134 e. The third-order valence-corrected chi connectivity index (χ3v) is 4.69. The molecule has 0 radical (unpaired) electrons. The average Bonchev–Trinajstić information content (AvgIpc) is 2.70. The highest BCUT2D eigenvalue weighted by molar-refractivity contribution is 5.82. The first-order chi connectivity index (χ1) is 8.79. The smallest absolute Gasteiger partial charge is 0.134 e. The Kier molecular flexibility index (Phi) is 2.11. The van der Waals surface area contributed by atoms with Gasteiger partial charge in [-0.2, -0.15) is 0 Å². The molecule has 18 heavy (non-hydrogen) atoms. The van der Waals surface area contributed by atoms with E-state index >= 15 is 0 Å². The highest BCUT2D eigenvalue weighted by atomic mass is 16.5. The normalized spacial score (nSPS) is 29.8. The SMILES string of the molecule is NC1CC(C2(c3coc4ccccc34)COC2)C1. The number of nitrogens with two attached hydrogens (primary N) is 1. The van der Waals surface area contributed by atoms with Gasteiger partial charge in [0, 0.05) is 22.4 Å². The fourth-order valence-electron chi connectivity index (χ4n) is 3.41. The molecule has 1 aliphatic heterocycles. The molecule has 2 aromatic rings. The third kappa shape index (κ3) is 1.26. The van der Waals surface area contributed by atoms with Gasteiger partial charge in [0.1, 0.15) is 5.58 Å². The van der Waals surface area contributed by atoms with Gasteiger partial charge >= 0.3 is 0 Å². The molecule has 4 rings (SSSR count). The van der Waals surface area contributed by atoms with Gasteiger partial charge in [0.2, 0.25) is 0 Å². The van der Waals surface area contributed by atoms with E-state index in [1.54, 1.807) is 0 Å². The number of hydrogen-bond acceptors (Lipinski definition) is 3. The van der Waals surface area contributed by atoms with E-state index in [9.17, 15) is 0 Å². The molecule has 2 aliphatic rings. The minimum absolute atomic E-state index is 0.155. The Balaban J connectivity index is 1.80. The van der Waals surface area contributed by atoms with Crippen molar-refractivity contribution in [3.05, 3.63) is 36.1 Å². The van der Waals surface area contributed by atoms with E-state index in [0.29, 0.717) is 12.0 Å². The lowest BCUT2D eigenvalue weighted by atomic mass is 9.59. The van der Waals surface area contributed by atoms with E-state index in [0.717, 1.165) is 31.6 Å². The summed E-state index contributed by atoms with van der Waals surface area (Å²) in [6.45, 7) is 1.63. The Morgan fingerprint density at radius 1 is 1.17 bits per heavy atom. The summed E-state index contributed by atoms with van der Waals surface area (Å²) >= 11 is 0. The highest BCUT2D eigenvalue weighted by Gasteiger charge is 2.52. The van der Waals surface area contributed by atoms with E-state index in [1.165, 1.54) is 10.9 Å². The van der Waals surface area contributed by atoms with Crippen molar-refractivity contribution in [2.45, 2.75) is 24.3 Å². The zero-order valence-corrected chi connectivity index (χ0v) is 10.3. The Labute approximate surface area is 106 Å². The van der Waals surface area contributed by atoms with E-state index in [2.05, 4.69) is 12.1 Å². The summed E-state index contributed by atoms with van der Waals surface area (Å²) in [4.78, 5) is 0. The lowest BCUT2D eigenvalue weighted by Gasteiger charge is -2.52. The molecule has 0 unspecified atom stereocenters. The zero-order valence-electron chi connectivity index (χ0n) is 10.3. The summed E-state index contributed by atoms with van der Waals surface area (Å²) in [5.41, 5.74) is 8.40. The van der Waals surface area contributed by atoms with Gasteiger partial charge in [-0.05, 0) is 24.8 Å². The van der Waals surface area contributed by atoms with Crippen molar-refractivity contribution in [1.29, 1.82) is 0 Å². The van der Waals surface area contributed by atoms with Gasteiger partial charge in [-0.1, -0.05) is 18.2 Å². The van der Waals surface area contributed by atoms with Crippen molar-refractivity contribution in [1.82, 2.24) is 0 Å². The van der Waals surface area contributed by atoms with E-state index in [1.807, 2.05) is 18.4 Å². The van der Waals surface area contributed by atoms with Crippen LogP contribution in [0.4, 0.5) is 0 Å². The van der Waals surface area contributed by atoms with Crippen LogP contribution >= 0.6 is 0 Å². The Morgan fingerprint density at radius 3 is 2.61 bits per heavy atom. The first kappa shape index (κ1) is 10.6. The standard InChI is InChI=1S/C15H17NO2/c16-11-5-10(6-11)15(8-17-9-15)13-7-18-14-4-2-1-3-12(13)14/h1-4,7,10-11H,5-6,8-9,16H2. The van der Waals surface area contributed by atoms with Crippen LogP contribution in [-0.4, -0.2) is 19.3 Å². The minimum Gasteiger partial charge on any atom is -0.464 e. The third-order valence-electron chi connectivity index (χ3n) is 4.69. The molecule has 94 valence electrons. The van der Waals surface area contributed by atoms with Gasteiger partial charge in [-0.15, -0.1) is 0 Å². The van der Waals surface area contributed by atoms with Crippen molar-refractivity contribution in [3.63, 3.8) is 0 Å². The monoisotopic (exact) mass is 243 g/mol. The minimum atomic E-state index is 0.155. The molecule has 3 heteroatoms. The van der Waals surface area contributed by atoms with Gasteiger partial charge in [-0.3, -0.25) is 0 Å². The van der Waals surface area contributed by atoms with Crippen LogP contribution < -0.4 is 5.73 Å². The fourth-order valence-corrected chi connectivity index (χ4v) is 3.41. The molecule has 1 aromatic carbocycles. The molecular formula is C15H17NO2. The molecule has 3 nitrogen and oxygen atoms in total. The Morgan fingerprint density at radius 2 is 1.94 bits per heavy atom.